The van der Waals surface area contributed by atoms with Crippen LogP contribution in [0.15, 0.2) is 35.5 Å². The summed E-state index contributed by atoms with van der Waals surface area (Å²) < 4.78 is 5.43. The van der Waals surface area contributed by atoms with E-state index in [-0.39, 0.29) is 18.5 Å². The molecule has 2 heterocycles. The van der Waals surface area contributed by atoms with Gasteiger partial charge in [-0.15, -0.1) is 0 Å². The summed E-state index contributed by atoms with van der Waals surface area (Å²) in [5.74, 6) is 0.642. The first-order valence-corrected chi connectivity index (χ1v) is 8.07. The second kappa shape index (κ2) is 6.92. The molecule has 2 aliphatic heterocycles. The Balaban J connectivity index is 1.85. The molecule has 2 aliphatic rings. The Morgan fingerprint density at radius 2 is 2.04 bits per heavy atom. The maximum Gasteiger partial charge on any atom is 0.319 e. The Morgan fingerprint density at radius 3 is 2.71 bits per heavy atom. The van der Waals surface area contributed by atoms with Crippen molar-refractivity contribution in [3.63, 3.8) is 0 Å². The van der Waals surface area contributed by atoms with E-state index in [0.717, 1.165) is 11.3 Å². The molecule has 0 spiro atoms. The smallest absolute Gasteiger partial charge is 0.319 e. The van der Waals surface area contributed by atoms with Crippen LogP contribution in [-0.4, -0.2) is 48.2 Å². The van der Waals surface area contributed by atoms with Crippen molar-refractivity contribution in [2.24, 2.45) is 0 Å². The standard InChI is InChI=1S/C17H21N3O4/c1-2-24-12-6-4-11(5-7-12)15-14-13(18-17(23)19-15)10-20(16(14)22)8-3-9-21/h4-7,15,21H,2-3,8-10H2,1H3,(H2,18,19,23). The average molecular weight is 331 g/mol. The minimum Gasteiger partial charge on any atom is -0.494 e. The van der Waals surface area contributed by atoms with Crippen LogP contribution in [0.2, 0.25) is 0 Å². The lowest BCUT2D eigenvalue weighted by atomic mass is 9.96. The molecular formula is C17H21N3O4. The zero-order valence-electron chi connectivity index (χ0n) is 13.5. The number of carbonyl (C=O) groups is 2. The first-order valence-electron chi connectivity index (χ1n) is 8.07. The highest BCUT2D eigenvalue weighted by molar-refractivity contribution is 6.01. The molecule has 1 aromatic carbocycles. The number of nitrogens with one attached hydrogen (secondary N) is 2. The van der Waals surface area contributed by atoms with Crippen molar-refractivity contribution < 1.29 is 19.4 Å². The molecular weight excluding hydrogens is 310 g/mol. The van der Waals surface area contributed by atoms with Crippen LogP contribution in [0.3, 0.4) is 0 Å². The van der Waals surface area contributed by atoms with Crippen LogP contribution in [0.25, 0.3) is 0 Å². The second-order valence-corrected chi connectivity index (χ2v) is 5.73. The summed E-state index contributed by atoms with van der Waals surface area (Å²) in [4.78, 5) is 26.3. The molecule has 1 atom stereocenters. The van der Waals surface area contributed by atoms with Crippen molar-refractivity contribution in [1.29, 1.82) is 0 Å². The molecule has 3 N–H and O–H groups in total. The molecule has 0 saturated carbocycles. The first kappa shape index (κ1) is 16.3. The van der Waals surface area contributed by atoms with E-state index >= 15 is 0 Å². The number of urea groups is 1. The molecule has 0 aliphatic carbocycles. The lowest BCUT2D eigenvalue weighted by Crippen LogP contribution is -2.44. The van der Waals surface area contributed by atoms with Gasteiger partial charge in [-0.05, 0) is 31.0 Å². The van der Waals surface area contributed by atoms with Gasteiger partial charge in [0, 0.05) is 13.2 Å². The van der Waals surface area contributed by atoms with Crippen molar-refractivity contribution in [3.05, 3.63) is 41.1 Å². The lowest BCUT2D eigenvalue weighted by molar-refractivity contribution is -0.125. The topological polar surface area (TPSA) is 90.9 Å². The molecule has 0 bridgehead atoms. The molecule has 1 unspecified atom stereocenters. The molecule has 7 heteroatoms. The highest BCUT2D eigenvalue weighted by Crippen LogP contribution is 2.33. The van der Waals surface area contributed by atoms with E-state index in [1.165, 1.54) is 0 Å². The fourth-order valence-corrected chi connectivity index (χ4v) is 3.04. The number of hydrogen-bond donors (Lipinski definition) is 3. The Hall–Kier alpha value is -2.54. The van der Waals surface area contributed by atoms with Gasteiger partial charge in [0.1, 0.15) is 5.75 Å². The molecule has 3 rings (SSSR count). The molecule has 7 nitrogen and oxygen atoms in total. The first-order chi connectivity index (χ1) is 11.6. The van der Waals surface area contributed by atoms with Crippen molar-refractivity contribution in [2.45, 2.75) is 19.4 Å². The van der Waals surface area contributed by atoms with Crippen LogP contribution >= 0.6 is 0 Å². The minimum absolute atomic E-state index is 0.0291. The predicted molar refractivity (Wildman–Crippen MR) is 87.3 cm³/mol. The van der Waals surface area contributed by atoms with Gasteiger partial charge in [-0.25, -0.2) is 4.79 Å². The normalized spacial score (nSPS) is 19.9. The third kappa shape index (κ3) is 3.07. The van der Waals surface area contributed by atoms with E-state index in [1.807, 2.05) is 31.2 Å². The van der Waals surface area contributed by atoms with E-state index in [9.17, 15) is 9.59 Å². The largest absolute Gasteiger partial charge is 0.494 e. The van der Waals surface area contributed by atoms with Gasteiger partial charge in [-0.3, -0.25) is 4.79 Å². The third-order valence-corrected chi connectivity index (χ3v) is 4.13. The molecule has 24 heavy (non-hydrogen) atoms. The van der Waals surface area contributed by atoms with Gasteiger partial charge in [0.2, 0.25) is 0 Å². The highest BCUT2D eigenvalue weighted by Gasteiger charge is 2.39. The number of carbonyl (C=O) groups excluding carboxylic acids is 2. The number of aliphatic hydroxyl groups excluding tert-OH is 1. The summed E-state index contributed by atoms with van der Waals surface area (Å²) in [7, 11) is 0. The number of rotatable bonds is 6. The van der Waals surface area contributed by atoms with Gasteiger partial charge in [-0.2, -0.15) is 0 Å². The molecule has 1 aromatic rings. The monoisotopic (exact) mass is 331 g/mol. The van der Waals surface area contributed by atoms with Crippen LogP contribution < -0.4 is 15.4 Å². The molecule has 0 radical (unpaired) electrons. The van der Waals surface area contributed by atoms with Crippen molar-refractivity contribution in [3.8, 4) is 5.75 Å². The minimum atomic E-state index is -0.476. The van der Waals surface area contributed by atoms with Crippen LogP contribution in [0.5, 0.6) is 5.75 Å². The fourth-order valence-electron chi connectivity index (χ4n) is 3.04. The summed E-state index contributed by atoms with van der Waals surface area (Å²) in [6, 6.07) is 6.58. The molecule has 128 valence electrons. The van der Waals surface area contributed by atoms with Gasteiger partial charge >= 0.3 is 6.03 Å². The zero-order valence-corrected chi connectivity index (χ0v) is 13.5. The highest BCUT2D eigenvalue weighted by atomic mass is 16.5. The van der Waals surface area contributed by atoms with Crippen LogP contribution in [-0.2, 0) is 4.79 Å². The predicted octanol–water partition coefficient (Wildman–Crippen LogP) is 0.918. The number of aliphatic hydroxyl groups is 1. The summed E-state index contributed by atoms with van der Waals surface area (Å²) in [5.41, 5.74) is 2.04. The van der Waals surface area contributed by atoms with Gasteiger partial charge in [0.15, 0.2) is 0 Å². The Kier molecular flexibility index (Phi) is 4.71. The van der Waals surface area contributed by atoms with Gasteiger partial charge in [0.05, 0.1) is 30.5 Å². The van der Waals surface area contributed by atoms with Crippen molar-refractivity contribution in [2.75, 3.05) is 26.3 Å². The number of ether oxygens (including phenoxy) is 1. The zero-order chi connectivity index (χ0) is 17.1. The Bertz CT molecular complexity index is 669. The van der Waals surface area contributed by atoms with Gasteiger partial charge in [0.25, 0.3) is 5.91 Å². The maximum absolute atomic E-state index is 12.7. The average Bonchev–Trinajstić information content (AvgIpc) is 2.89. The lowest BCUT2D eigenvalue weighted by Gasteiger charge is -2.25. The van der Waals surface area contributed by atoms with Gasteiger partial charge in [-0.1, -0.05) is 12.1 Å². The van der Waals surface area contributed by atoms with E-state index in [4.69, 9.17) is 9.84 Å². The van der Waals surface area contributed by atoms with Crippen molar-refractivity contribution in [1.82, 2.24) is 15.5 Å². The van der Waals surface area contributed by atoms with Crippen molar-refractivity contribution >= 4 is 11.9 Å². The SMILES string of the molecule is CCOc1ccc(C2NC(=O)NC3=C2C(=O)N(CCCO)C3)cc1. The van der Waals surface area contributed by atoms with E-state index < -0.39 is 6.04 Å². The molecule has 3 amide bonds. The summed E-state index contributed by atoms with van der Waals surface area (Å²) >= 11 is 0. The quantitative estimate of drug-likeness (QED) is 0.723. The summed E-state index contributed by atoms with van der Waals surface area (Å²) in [6.07, 6.45) is 0.515. The molecule has 0 aromatic heterocycles. The maximum atomic E-state index is 12.7. The summed E-state index contributed by atoms with van der Waals surface area (Å²) in [5, 5.41) is 14.5. The fraction of sp³-hybridized carbons (Fsp3) is 0.412. The number of amides is 3. The Morgan fingerprint density at radius 1 is 1.29 bits per heavy atom. The Labute approximate surface area is 140 Å². The van der Waals surface area contributed by atoms with Crippen LogP contribution in [0.4, 0.5) is 4.79 Å². The van der Waals surface area contributed by atoms with E-state index in [0.29, 0.717) is 37.4 Å². The molecule has 0 fully saturated rings. The van der Waals surface area contributed by atoms with Gasteiger partial charge < -0.3 is 25.4 Å². The van der Waals surface area contributed by atoms with E-state index in [2.05, 4.69) is 10.6 Å². The number of benzene rings is 1. The van der Waals surface area contributed by atoms with E-state index in [1.54, 1.807) is 4.90 Å². The second-order valence-electron chi connectivity index (χ2n) is 5.73. The van der Waals surface area contributed by atoms with Crippen LogP contribution in [0.1, 0.15) is 24.9 Å². The molecule has 0 saturated heterocycles. The number of nitrogens with zero attached hydrogens (tertiary/aromatic N) is 1. The number of hydrogen-bond acceptors (Lipinski definition) is 4. The van der Waals surface area contributed by atoms with Crippen LogP contribution in [0, 0.1) is 0 Å². The summed E-state index contributed by atoms with van der Waals surface area (Å²) in [6.45, 7) is 3.36. The third-order valence-electron chi connectivity index (χ3n) is 4.13.